The van der Waals surface area contributed by atoms with Gasteiger partial charge in [-0.15, -0.1) is 0 Å². The van der Waals surface area contributed by atoms with Crippen molar-refractivity contribution in [2.45, 2.75) is 50.6 Å². The molecule has 1 aliphatic heterocycles. The van der Waals surface area contributed by atoms with Crippen LogP contribution in [0.25, 0.3) is 10.9 Å². The molecule has 3 atom stereocenters. The summed E-state index contributed by atoms with van der Waals surface area (Å²) in [7, 11) is 3.20. The van der Waals surface area contributed by atoms with E-state index in [1.807, 2.05) is 18.2 Å². The Morgan fingerprint density at radius 1 is 1.29 bits per heavy atom. The predicted octanol–water partition coefficient (Wildman–Crippen LogP) is 2.34. The molecule has 0 bridgehead atoms. The van der Waals surface area contributed by atoms with Gasteiger partial charge in [0.1, 0.15) is 23.5 Å². The molecule has 2 aromatic rings. The fraction of sp³-hybridized carbons (Fsp3) is 0.520. The van der Waals surface area contributed by atoms with Crippen LogP contribution in [0, 0.1) is 23.2 Å². The summed E-state index contributed by atoms with van der Waals surface area (Å²) >= 11 is 0. The largest absolute Gasteiger partial charge is 0.496 e. The van der Waals surface area contributed by atoms with E-state index in [9.17, 15) is 19.6 Å². The number of amides is 3. The molecule has 2 fully saturated rings. The third kappa shape index (κ3) is 5.16. The van der Waals surface area contributed by atoms with Crippen LogP contribution in [-0.4, -0.2) is 60.4 Å². The molecule has 0 spiro atoms. The number of ether oxygens (including phenoxy) is 1. The molecule has 180 valence electrons. The highest BCUT2D eigenvalue weighted by Crippen LogP contribution is 2.35. The lowest BCUT2D eigenvalue weighted by Crippen LogP contribution is -2.51. The van der Waals surface area contributed by atoms with Gasteiger partial charge in [-0.25, -0.2) is 0 Å². The van der Waals surface area contributed by atoms with Crippen molar-refractivity contribution in [1.29, 1.82) is 5.26 Å². The van der Waals surface area contributed by atoms with Gasteiger partial charge in [-0.2, -0.15) is 5.26 Å². The predicted molar refractivity (Wildman–Crippen MR) is 126 cm³/mol. The monoisotopic (exact) mass is 465 g/mol. The van der Waals surface area contributed by atoms with Crippen molar-refractivity contribution < 1.29 is 19.1 Å². The molecule has 34 heavy (non-hydrogen) atoms. The lowest BCUT2D eigenvalue weighted by atomic mass is 9.92. The summed E-state index contributed by atoms with van der Waals surface area (Å²) < 4.78 is 5.39. The standard InChI is InChI=1S/C25H31N5O4/c1-30(25(33)20-13-18-19(29-20)6-3-7-22(18)34-2)21(11-15-8-9-15)24(32)28-17(14-26)12-16-5-4-10-27-23(16)31/h3,6-7,13,15-17,21,29H,4-5,8-12H2,1-2H3,(H,27,31)(H,28,32)/t16?,17-,21?/m0/s1. The maximum absolute atomic E-state index is 13.3. The Morgan fingerprint density at radius 2 is 2.09 bits per heavy atom. The topological polar surface area (TPSA) is 127 Å². The molecule has 1 saturated carbocycles. The van der Waals surface area contributed by atoms with Crippen LogP contribution in [-0.2, 0) is 9.59 Å². The minimum absolute atomic E-state index is 0.0724. The Bertz CT molecular complexity index is 1120. The number of piperidine rings is 1. The van der Waals surface area contributed by atoms with E-state index in [0.29, 0.717) is 36.7 Å². The van der Waals surface area contributed by atoms with E-state index < -0.39 is 12.1 Å². The molecule has 3 N–H and O–H groups in total. The number of fused-ring (bicyclic) bond motifs is 1. The first kappa shape index (κ1) is 23.6. The first-order chi connectivity index (χ1) is 16.4. The van der Waals surface area contributed by atoms with Crippen LogP contribution in [0.4, 0.5) is 0 Å². The number of nitriles is 1. The van der Waals surface area contributed by atoms with Gasteiger partial charge in [0.05, 0.1) is 13.2 Å². The van der Waals surface area contributed by atoms with Crippen molar-refractivity contribution >= 4 is 28.6 Å². The molecule has 2 heterocycles. The average Bonchev–Trinajstić information content (AvgIpc) is 3.56. The van der Waals surface area contributed by atoms with Gasteiger partial charge < -0.3 is 25.3 Å². The fourth-order valence-electron chi connectivity index (χ4n) is 4.62. The summed E-state index contributed by atoms with van der Waals surface area (Å²) in [6.45, 7) is 0.648. The number of rotatable bonds is 9. The van der Waals surface area contributed by atoms with E-state index in [-0.39, 0.29) is 30.1 Å². The maximum Gasteiger partial charge on any atom is 0.270 e. The molecule has 1 saturated heterocycles. The number of H-pyrrole nitrogens is 1. The zero-order valence-electron chi connectivity index (χ0n) is 19.6. The van der Waals surface area contributed by atoms with Crippen molar-refractivity contribution in [1.82, 2.24) is 20.5 Å². The zero-order valence-corrected chi connectivity index (χ0v) is 19.6. The quantitative estimate of drug-likeness (QED) is 0.524. The Morgan fingerprint density at radius 3 is 2.76 bits per heavy atom. The minimum Gasteiger partial charge on any atom is -0.496 e. The number of carbonyl (C=O) groups is 3. The van der Waals surface area contributed by atoms with Crippen LogP contribution >= 0.6 is 0 Å². The van der Waals surface area contributed by atoms with Crippen LogP contribution in [0.1, 0.15) is 49.0 Å². The summed E-state index contributed by atoms with van der Waals surface area (Å²) in [5.41, 5.74) is 1.14. The molecule has 9 nitrogen and oxygen atoms in total. The summed E-state index contributed by atoms with van der Waals surface area (Å²) in [4.78, 5) is 43.3. The van der Waals surface area contributed by atoms with Gasteiger partial charge in [-0.05, 0) is 49.8 Å². The Kier molecular flexibility index (Phi) is 7.06. The molecular formula is C25H31N5O4. The summed E-state index contributed by atoms with van der Waals surface area (Å²) in [5.74, 6) is 0.0151. The van der Waals surface area contributed by atoms with E-state index in [1.165, 1.54) is 4.90 Å². The Labute approximate surface area is 198 Å². The minimum atomic E-state index is -0.788. The van der Waals surface area contributed by atoms with Crippen molar-refractivity contribution in [2.75, 3.05) is 20.7 Å². The van der Waals surface area contributed by atoms with E-state index in [4.69, 9.17) is 4.74 Å². The number of aromatic nitrogens is 1. The lowest BCUT2D eigenvalue weighted by molar-refractivity contribution is -0.129. The van der Waals surface area contributed by atoms with Crippen LogP contribution in [0.5, 0.6) is 5.75 Å². The number of methoxy groups -OCH3 is 1. The van der Waals surface area contributed by atoms with Crippen LogP contribution in [0.2, 0.25) is 0 Å². The van der Waals surface area contributed by atoms with Crippen molar-refractivity contribution in [3.63, 3.8) is 0 Å². The van der Waals surface area contributed by atoms with E-state index in [1.54, 1.807) is 20.2 Å². The fourth-order valence-corrected chi connectivity index (χ4v) is 4.62. The van der Waals surface area contributed by atoms with E-state index in [0.717, 1.165) is 30.2 Å². The number of nitrogens with zero attached hydrogens (tertiary/aromatic N) is 2. The smallest absolute Gasteiger partial charge is 0.270 e. The number of carbonyl (C=O) groups excluding carboxylic acids is 3. The number of hydrogen-bond donors (Lipinski definition) is 3. The summed E-state index contributed by atoms with van der Waals surface area (Å²) in [6, 6.07) is 7.89. The zero-order chi connectivity index (χ0) is 24.2. The van der Waals surface area contributed by atoms with Gasteiger partial charge in [0.15, 0.2) is 0 Å². The Hall–Kier alpha value is -3.54. The first-order valence-electron chi connectivity index (χ1n) is 11.8. The molecular weight excluding hydrogens is 434 g/mol. The molecule has 4 rings (SSSR count). The number of aromatic amines is 1. The highest BCUT2D eigenvalue weighted by atomic mass is 16.5. The Balaban J connectivity index is 1.49. The van der Waals surface area contributed by atoms with Crippen molar-refractivity contribution in [2.24, 2.45) is 11.8 Å². The first-order valence-corrected chi connectivity index (χ1v) is 11.8. The SMILES string of the molecule is COc1cccc2[nH]c(C(=O)N(C)C(CC3CC3)C(=O)N[C@H](C#N)CC3CCCNC3=O)cc12. The van der Waals surface area contributed by atoms with Gasteiger partial charge >= 0.3 is 0 Å². The number of likely N-dealkylation sites (N-methyl/N-ethyl adjacent to an activating group) is 1. The van der Waals surface area contributed by atoms with Crippen LogP contribution < -0.4 is 15.4 Å². The van der Waals surface area contributed by atoms with Crippen LogP contribution in [0.15, 0.2) is 24.3 Å². The molecule has 2 unspecified atom stereocenters. The van der Waals surface area contributed by atoms with E-state index >= 15 is 0 Å². The molecule has 0 radical (unpaired) electrons. The third-order valence-corrected chi connectivity index (χ3v) is 6.81. The third-order valence-electron chi connectivity index (χ3n) is 6.81. The molecule has 1 aliphatic carbocycles. The second-order valence-corrected chi connectivity index (χ2v) is 9.27. The summed E-state index contributed by atoms with van der Waals surface area (Å²) in [6.07, 6.45) is 4.43. The highest BCUT2D eigenvalue weighted by Gasteiger charge is 2.36. The molecule has 9 heteroatoms. The second kappa shape index (κ2) is 10.2. The molecule has 3 amide bonds. The van der Waals surface area contributed by atoms with Gasteiger partial charge in [-0.1, -0.05) is 18.9 Å². The van der Waals surface area contributed by atoms with Crippen molar-refractivity contribution in [3.05, 3.63) is 30.0 Å². The van der Waals surface area contributed by atoms with Gasteiger partial charge in [0.2, 0.25) is 11.8 Å². The van der Waals surface area contributed by atoms with Gasteiger partial charge in [-0.3, -0.25) is 14.4 Å². The maximum atomic E-state index is 13.3. The normalized spacial score (nSPS) is 19.6. The average molecular weight is 466 g/mol. The van der Waals surface area contributed by atoms with Gasteiger partial charge in [0, 0.05) is 30.4 Å². The number of hydrogen-bond acceptors (Lipinski definition) is 5. The summed E-state index contributed by atoms with van der Waals surface area (Å²) in [5, 5.41) is 16.0. The van der Waals surface area contributed by atoms with Gasteiger partial charge in [0.25, 0.3) is 5.91 Å². The van der Waals surface area contributed by atoms with Crippen LogP contribution in [0.3, 0.4) is 0 Å². The molecule has 1 aromatic heterocycles. The van der Waals surface area contributed by atoms with Crippen molar-refractivity contribution in [3.8, 4) is 11.8 Å². The molecule has 2 aliphatic rings. The van der Waals surface area contributed by atoms with E-state index in [2.05, 4.69) is 21.7 Å². The number of nitrogens with one attached hydrogen (secondary N) is 3. The lowest BCUT2D eigenvalue weighted by Gasteiger charge is -2.29. The molecule has 1 aromatic carbocycles. The highest BCUT2D eigenvalue weighted by molar-refractivity contribution is 6.01. The second-order valence-electron chi connectivity index (χ2n) is 9.27. The number of benzene rings is 1.